The number of carbonyl (C=O) groups is 1. The average Bonchev–Trinajstić information content (AvgIpc) is 3.53. The molecule has 0 amide bonds. The minimum Gasteiger partial charge on any atom is -0.481 e. The molecule has 3 fully saturated rings. The maximum Gasteiger partial charge on any atom is 0.308 e. The molecule has 186 valence electrons. The van der Waals surface area contributed by atoms with E-state index in [2.05, 4.69) is 38.5 Å². The van der Waals surface area contributed by atoms with Crippen molar-refractivity contribution in [3.05, 3.63) is 53.9 Å². The summed E-state index contributed by atoms with van der Waals surface area (Å²) in [5.74, 6) is 0.465. The molecule has 10 heteroatoms. The average molecular weight is 531 g/mol. The van der Waals surface area contributed by atoms with Crippen molar-refractivity contribution in [3.8, 4) is 22.0 Å². The first kappa shape index (κ1) is 22.6. The molecule has 5 aromatic rings. The van der Waals surface area contributed by atoms with Gasteiger partial charge < -0.3 is 15.4 Å². The third-order valence-corrected chi connectivity index (χ3v) is 9.14. The molecule has 0 radical (unpaired) electrons. The standard InChI is InChI=1S/C27H23ClN6O2S/c28-20-12-30-26-24(32-20)16(11-29-26)25-31-17(19-9-15-3-1-2-4-18(15)37-19)10-21(34-25)33-23-14-7-5-13(6-8-14)22(23)27(35)36/h1-4,9-14,22-23H,5-8H2,(H,29,30)(H,35,36)(H,31,33,34)/t13?,14?,22-,23-/m1/s1. The van der Waals surface area contributed by atoms with E-state index < -0.39 is 11.9 Å². The molecule has 37 heavy (non-hydrogen) atoms. The lowest BCUT2D eigenvalue weighted by molar-refractivity contribution is -0.148. The van der Waals surface area contributed by atoms with Crippen LogP contribution in [-0.4, -0.2) is 42.0 Å². The van der Waals surface area contributed by atoms with Crippen LogP contribution in [0.2, 0.25) is 5.15 Å². The van der Waals surface area contributed by atoms with Gasteiger partial charge in [0.25, 0.3) is 0 Å². The van der Waals surface area contributed by atoms with E-state index >= 15 is 0 Å². The van der Waals surface area contributed by atoms with Crippen LogP contribution in [0.5, 0.6) is 0 Å². The van der Waals surface area contributed by atoms with Gasteiger partial charge >= 0.3 is 5.97 Å². The molecule has 4 aromatic heterocycles. The Morgan fingerprint density at radius 3 is 2.70 bits per heavy atom. The maximum absolute atomic E-state index is 12.3. The Morgan fingerprint density at radius 2 is 1.89 bits per heavy atom. The zero-order valence-corrected chi connectivity index (χ0v) is 21.3. The van der Waals surface area contributed by atoms with Gasteiger partial charge in [0.15, 0.2) is 11.5 Å². The summed E-state index contributed by atoms with van der Waals surface area (Å²) in [7, 11) is 0. The van der Waals surface area contributed by atoms with E-state index in [4.69, 9.17) is 21.6 Å². The fourth-order valence-electron chi connectivity index (χ4n) is 6.10. The predicted octanol–water partition coefficient (Wildman–Crippen LogP) is 6.25. The van der Waals surface area contributed by atoms with Crippen molar-refractivity contribution >= 4 is 56.0 Å². The van der Waals surface area contributed by atoms with E-state index in [-0.39, 0.29) is 17.1 Å². The molecule has 8 rings (SSSR count). The van der Waals surface area contributed by atoms with Crippen molar-refractivity contribution in [2.24, 2.45) is 17.8 Å². The number of rotatable bonds is 5. The molecule has 3 aliphatic carbocycles. The molecule has 0 spiro atoms. The Hall–Kier alpha value is -3.56. The molecule has 3 aliphatic rings. The second-order valence-electron chi connectivity index (χ2n) is 9.91. The highest BCUT2D eigenvalue weighted by molar-refractivity contribution is 7.22. The number of benzene rings is 1. The number of aromatic nitrogens is 5. The number of halogens is 1. The monoisotopic (exact) mass is 530 g/mol. The fourth-order valence-corrected chi connectivity index (χ4v) is 7.26. The van der Waals surface area contributed by atoms with Gasteiger partial charge in [-0.25, -0.2) is 19.9 Å². The third kappa shape index (κ3) is 3.93. The van der Waals surface area contributed by atoms with Crippen molar-refractivity contribution in [2.75, 3.05) is 5.32 Å². The van der Waals surface area contributed by atoms with Crippen LogP contribution in [0.4, 0.5) is 5.82 Å². The number of fused-ring (bicyclic) bond motifs is 5. The molecule has 8 nitrogen and oxygen atoms in total. The number of H-pyrrole nitrogens is 1. The highest BCUT2D eigenvalue weighted by Crippen LogP contribution is 2.46. The zero-order valence-electron chi connectivity index (χ0n) is 19.7. The molecular weight excluding hydrogens is 508 g/mol. The Kier molecular flexibility index (Phi) is 5.37. The lowest BCUT2D eigenvalue weighted by Crippen LogP contribution is -2.51. The number of nitrogens with zero attached hydrogens (tertiary/aromatic N) is 4. The van der Waals surface area contributed by atoms with Gasteiger partial charge in [0.05, 0.1) is 28.2 Å². The van der Waals surface area contributed by atoms with Crippen LogP contribution < -0.4 is 5.32 Å². The number of thiophene rings is 1. The number of aromatic amines is 1. The fraction of sp³-hybridized carbons (Fsp3) is 0.296. The van der Waals surface area contributed by atoms with Crippen LogP contribution in [0, 0.1) is 17.8 Å². The first-order valence-electron chi connectivity index (χ1n) is 12.4. The van der Waals surface area contributed by atoms with Crippen LogP contribution in [-0.2, 0) is 4.79 Å². The summed E-state index contributed by atoms with van der Waals surface area (Å²) >= 11 is 7.82. The highest BCUT2D eigenvalue weighted by atomic mass is 35.5. The van der Waals surface area contributed by atoms with Gasteiger partial charge in [-0.2, -0.15) is 0 Å². The molecule has 4 heterocycles. The van der Waals surface area contributed by atoms with E-state index in [9.17, 15) is 9.90 Å². The normalized spacial score (nSPS) is 23.1. The Morgan fingerprint density at radius 1 is 1.08 bits per heavy atom. The zero-order chi connectivity index (χ0) is 25.1. The SMILES string of the molecule is O=C(O)[C@@H]1C2CCC(CC2)[C@H]1Nc1cc(-c2cc3ccccc3s2)nc(-c2c[nH]c3ncc(Cl)nc23)n1. The van der Waals surface area contributed by atoms with Gasteiger partial charge in [-0.3, -0.25) is 4.79 Å². The number of nitrogens with one attached hydrogen (secondary N) is 2. The van der Waals surface area contributed by atoms with E-state index in [0.29, 0.717) is 34.3 Å². The largest absolute Gasteiger partial charge is 0.481 e. The number of carboxylic acid groups (broad SMARTS) is 1. The Labute approximate surface area is 221 Å². The Balaban J connectivity index is 1.36. The molecule has 0 saturated heterocycles. The highest BCUT2D eigenvalue weighted by Gasteiger charge is 2.47. The topological polar surface area (TPSA) is 117 Å². The summed E-state index contributed by atoms with van der Waals surface area (Å²) < 4.78 is 1.17. The number of hydrogen-bond acceptors (Lipinski definition) is 7. The summed E-state index contributed by atoms with van der Waals surface area (Å²) in [5.41, 5.74) is 2.65. The first-order valence-corrected chi connectivity index (χ1v) is 13.6. The van der Waals surface area contributed by atoms with Gasteiger partial charge in [-0.1, -0.05) is 29.8 Å². The third-order valence-electron chi connectivity index (χ3n) is 7.82. The number of hydrogen-bond donors (Lipinski definition) is 3. The number of aliphatic carboxylic acids is 1. The molecule has 3 saturated carbocycles. The van der Waals surface area contributed by atoms with Gasteiger partial charge in [0.2, 0.25) is 0 Å². The van der Waals surface area contributed by atoms with Gasteiger partial charge in [0, 0.05) is 23.0 Å². The van der Waals surface area contributed by atoms with Crippen molar-refractivity contribution < 1.29 is 9.90 Å². The van der Waals surface area contributed by atoms with Crippen molar-refractivity contribution in [2.45, 2.75) is 31.7 Å². The lowest BCUT2D eigenvalue weighted by Gasteiger charge is -2.47. The summed E-state index contributed by atoms with van der Waals surface area (Å²) in [6.07, 6.45) is 7.34. The second kappa shape index (κ2) is 8.78. The van der Waals surface area contributed by atoms with Crippen LogP contribution >= 0.6 is 22.9 Å². The Bertz CT molecular complexity index is 1620. The minimum absolute atomic E-state index is 0.166. The van der Waals surface area contributed by atoms with Crippen molar-refractivity contribution in [1.29, 1.82) is 0 Å². The van der Waals surface area contributed by atoms with Crippen molar-refractivity contribution in [3.63, 3.8) is 0 Å². The molecule has 2 bridgehead atoms. The summed E-state index contributed by atoms with van der Waals surface area (Å²) in [4.78, 5) is 35.0. The van der Waals surface area contributed by atoms with E-state index in [1.807, 2.05) is 18.2 Å². The van der Waals surface area contributed by atoms with E-state index in [1.54, 1.807) is 17.5 Å². The molecule has 3 N–H and O–H groups in total. The van der Waals surface area contributed by atoms with Crippen LogP contribution in [0.25, 0.3) is 43.2 Å². The molecular formula is C27H23ClN6O2S. The smallest absolute Gasteiger partial charge is 0.308 e. The van der Waals surface area contributed by atoms with Gasteiger partial charge in [-0.05, 0) is 55.0 Å². The predicted molar refractivity (Wildman–Crippen MR) is 145 cm³/mol. The molecule has 0 aliphatic heterocycles. The van der Waals surface area contributed by atoms with E-state index in [0.717, 1.165) is 41.6 Å². The van der Waals surface area contributed by atoms with Gasteiger partial charge in [0.1, 0.15) is 16.5 Å². The summed E-state index contributed by atoms with van der Waals surface area (Å²) in [6, 6.07) is 12.1. The lowest BCUT2D eigenvalue weighted by atomic mass is 9.61. The van der Waals surface area contributed by atoms with Crippen molar-refractivity contribution in [1.82, 2.24) is 24.9 Å². The molecule has 0 unspecified atom stereocenters. The molecule has 2 atom stereocenters. The minimum atomic E-state index is -0.729. The van der Waals surface area contributed by atoms with Crippen LogP contribution in [0.1, 0.15) is 25.7 Å². The summed E-state index contributed by atoms with van der Waals surface area (Å²) in [5, 5.41) is 15.1. The maximum atomic E-state index is 12.3. The first-order chi connectivity index (χ1) is 18.0. The molecule has 1 aromatic carbocycles. The van der Waals surface area contributed by atoms with Crippen LogP contribution in [0.15, 0.2) is 48.8 Å². The van der Waals surface area contributed by atoms with E-state index in [1.165, 1.54) is 10.9 Å². The van der Waals surface area contributed by atoms with Crippen LogP contribution in [0.3, 0.4) is 0 Å². The summed E-state index contributed by atoms with van der Waals surface area (Å²) in [6.45, 7) is 0. The number of anilines is 1. The number of carboxylic acids is 1. The second-order valence-corrected chi connectivity index (χ2v) is 11.4. The van der Waals surface area contributed by atoms with Gasteiger partial charge in [-0.15, -0.1) is 11.3 Å². The quantitative estimate of drug-likeness (QED) is 0.246.